The molecule has 0 saturated carbocycles. The molecule has 0 bridgehead atoms. The molecule has 3 rings (SSSR count). The number of ether oxygens (including phenoxy) is 3. The van der Waals surface area contributed by atoms with Crippen molar-refractivity contribution < 1.29 is 23.8 Å². The maximum Gasteiger partial charge on any atom is 0.310 e. The third-order valence-electron chi connectivity index (χ3n) is 6.50. The van der Waals surface area contributed by atoms with Crippen LogP contribution in [0.3, 0.4) is 0 Å². The van der Waals surface area contributed by atoms with Gasteiger partial charge in [0.05, 0.1) is 38.8 Å². The Bertz CT molecular complexity index is 714. The number of methoxy groups -OCH3 is 1. The summed E-state index contributed by atoms with van der Waals surface area (Å²) in [6, 6.07) is 10.2. The van der Waals surface area contributed by atoms with E-state index in [1.54, 1.807) is 0 Å². The predicted molar refractivity (Wildman–Crippen MR) is 122 cm³/mol. The molecule has 0 aromatic heterocycles. The smallest absolute Gasteiger partial charge is 0.310 e. The summed E-state index contributed by atoms with van der Waals surface area (Å²) in [7, 11) is 1.45. The molecule has 7 heteroatoms. The summed E-state index contributed by atoms with van der Waals surface area (Å²) in [5.74, 6) is 0.207. The minimum atomic E-state index is -0.109. The molecule has 0 aliphatic carbocycles. The maximum absolute atomic E-state index is 12.4. The number of carbonyl (C=O) groups excluding carboxylic acids is 2. The van der Waals surface area contributed by atoms with Gasteiger partial charge in [0.1, 0.15) is 0 Å². The quantitative estimate of drug-likeness (QED) is 0.361. The lowest BCUT2D eigenvalue weighted by molar-refractivity contribution is -0.148. The number of esters is 2. The molecule has 7 nitrogen and oxygen atoms in total. The molecule has 2 heterocycles. The lowest BCUT2D eigenvalue weighted by Gasteiger charge is -2.21. The molecule has 0 amide bonds. The Morgan fingerprint density at radius 1 is 1.00 bits per heavy atom. The van der Waals surface area contributed by atoms with Gasteiger partial charge in [0, 0.05) is 26.2 Å². The predicted octanol–water partition coefficient (Wildman–Crippen LogP) is 2.59. The van der Waals surface area contributed by atoms with Gasteiger partial charge in [-0.3, -0.25) is 9.59 Å². The molecule has 0 spiro atoms. The van der Waals surface area contributed by atoms with Gasteiger partial charge >= 0.3 is 11.9 Å². The van der Waals surface area contributed by atoms with E-state index in [4.69, 9.17) is 14.2 Å². The van der Waals surface area contributed by atoms with Crippen molar-refractivity contribution in [3.8, 4) is 0 Å². The minimum absolute atomic E-state index is 0.000853. The van der Waals surface area contributed by atoms with Crippen molar-refractivity contribution in [2.75, 3.05) is 59.6 Å². The molecule has 2 aliphatic rings. The Kier molecular flexibility index (Phi) is 9.96. The Morgan fingerprint density at radius 2 is 1.69 bits per heavy atom. The van der Waals surface area contributed by atoms with Crippen molar-refractivity contribution in [1.82, 2.24) is 9.80 Å². The van der Waals surface area contributed by atoms with Crippen LogP contribution in [-0.4, -0.2) is 81.3 Å². The van der Waals surface area contributed by atoms with E-state index < -0.39 is 0 Å². The molecule has 0 N–H and O–H groups in total. The fourth-order valence-corrected chi connectivity index (χ4v) is 4.55. The van der Waals surface area contributed by atoms with Crippen LogP contribution in [0.25, 0.3) is 0 Å². The maximum atomic E-state index is 12.4. The van der Waals surface area contributed by atoms with Crippen molar-refractivity contribution in [3.05, 3.63) is 35.9 Å². The van der Waals surface area contributed by atoms with Crippen LogP contribution in [0.5, 0.6) is 0 Å². The first-order valence-electron chi connectivity index (χ1n) is 11.9. The van der Waals surface area contributed by atoms with Gasteiger partial charge in [0.2, 0.25) is 0 Å². The van der Waals surface area contributed by atoms with Gasteiger partial charge in [-0.2, -0.15) is 0 Å². The second-order valence-corrected chi connectivity index (χ2v) is 9.15. The van der Waals surface area contributed by atoms with Gasteiger partial charge in [0.25, 0.3) is 0 Å². The van der Waals surface area contributed by atoms with Crippen LogP contribution in [0.2, 0.25) is 0 Å². The number of hydrogen-bond donors (Lipinski definition) is 0. The summed E-state index contributed by atoms with van der Waals surface area (Å²) in [5.41, 5.74) is 1.18. The summed E-state index contributed by atoms with van der Waals surface area (Å²) in [6.45, 7) is 9.06. The third kappa shape index (κ3) is 7.87. The van der Waals surface area contributed by atoms with E-state index in [-0.39, 0.29) is 23.8 Å². The van der Waals surface area contributed by atoms with Crippen molar-refractivity contribution >= 4 is 11.9 Å². The highest BCUT2D eigenvalue weighted by molar-refractivity contribution is 5.73. The molecule has 1 aromatic rings. The monoisotopic (exact) mass is 446 g/mol. The van der Waals surface area contributed by atoms with Crippen molar-refractivity contribution in [2.24, 2.45) is 17.8 Å². The largest absolute Gasteiger partial charge is 0.469 e. The average molecular weight is 447 g/mol. The van der Waals surface area contributed by atoms with Crippen molar-refractivity contribution in [2.45, 2.75) is 32.8 Å². The highest BCUT2D eigenvalue weighted by Crippen LogP contribution is 2.20. The molecule has 178 valence electrons. The number of likely N-dealkylation sites (tertiary alicyclic amines) is 2. The molecule has 1 aromatic carbocycles. The first-order valence-corrected chi connectivity index (χ1v) is 11.9. The summed E-state index contributed by atoms with van der Waals surface area (Å²) >= 11 is 0. The second kappa shape index (κ2) is 12.9. The van der Waals surface area contributed by atoms with E-state index in [0.29, 0.717) is 25.7 Å². The van der Waals surface area contributed by atoms with Gasteiger partial charge in [-0.15, -0.1) is 0 Å². The normalized spacial score (nSPS) is 22.7. The number of rotatable bonds is 12. The van der Waals surface area contributed by atoms with E-state index in [1.165, 1.54) is 12.7 Å². The molecular weight excluding hydrogens is 408 g/mol. The van der Waals surface area contributed by atoms with Crippen LogP contribution in [0.4, 0.5) is 0 Å². The van der Waals surface area contributed by atoms with E-state index >= 15 is 0 Å². The topological polar surface area (TPSA) is 68.3 Å². The summed E-state index contributed by atoms with van der Waals surface area (Å²) < 4.78 is 16.2. The summed E-state index contributed by atoms with van der Waals surface area (Å²) in [4.78, 5) is 28.7. The SMILES string of the molecule is COC(=O)C1CCN(C[C@@H](C)CCOC(=O)C2CCN(CCOCc3ccccc3)C2)C1. The van der Waals surface area contributed by atoms with Gasteiger partial charge in [-0.05, 0) is 43.8 Å². The van der Waals surface area contributed by atoms with Gasteiger partial charge in [-0.1, -0.05) is 37.3 Å². The average Bonchev–Trinajstić information content (AvgIpc) is 3.47. The lowest BCUT2D eigenvalue weighted by Crippen LogP contribution is -2.29. The van der Waals surface area contributed by atoms with Crippen LogP contribution < -0.4 is 0 Å². The fourth-order valence-electron chi connectivity index (χ4n) is 4.55. The molecule has 32 heavy (non-hydrogen) atoms. The second-order valence-electron chi connectivity index (χ2n) is 9.15. The van der Waals surface area contributed by atoms with Gasteiger partial charge < -0.3 is 24.0 Å². The van der Waals surface area contributed by atoms with Crippen LogP contribution in [0.1, 0.15) is 31.7 Å². The Labute approximate surface area is 192 Å². The van der Waals surface area contributed by atoms with E-state index in [2.05, 4.69) is 28.9 Å². The van der Waals surface area contributed by atoms with E-state index in [0.717, 1.165) is 58.5 Å². The van der Waals surface area contributed by atoms with Crippen LogP contribution in [0, 0.1) is 17.8 Å². The number of carbonyl (C=O) groups is 2. The molecule has 2 saturated heterocycles. The summed E-state index contributed by atoms with van der Waals surface area (Å²) in [6.07, 6.45) is 2.56. The van der Waals surface area contributed by atoms with Crippen molar-refractivity contribution in [3.63, 3.8) is 0 Å². The zero-order valence-electron chi connectivity index (χ0n) is 19.5. The van der Waals surface area contributed by atoms with Crippen LogP contribution in [0.15, 0.2) is 30.3 Å². The van der Waals surface area contributed by atoms with Crippen LogP contribution in [-0.2, 0) is 30.4 Å². The lowest BCUT2D eigenvalue weighted by atomic mass is 10.1. The number of benzene rings is 1. The molecular formula is C25H38N2O5. The van der Waals surface area contributed by atoms with Crippen LogP contribution >= 0.6 is 0 Å². The first kappa shape index (κ1) is 24.7. The highest BCUT2D eigenvalue weighted by Gasteiger charge is 2.30. The Morgan fingerprint density at radius 3 is 2.44 bits per heavy atom. The third-order valence-corrected chi connectivity index (χ3v) is 6.50. The summed E-state index contributed by atoms with van der Waals surface area (Å²) in [5, 5.41) is 0. The Balaban J connectivity index is 1.23. The first-order chi connectivity index (χ1) is 15.5. The van der Waals surface area contributed by atoms with Gasteiger partial charge in [-0.25, -0.2) is 0 Å². The number of nitrogens with zero attached hydrogens (tertiary/aromatic N) is 2. The number of hydrogen-bond acceptors (Lipinski definition) is 7. The molecule has 0 radical (unpaired) electrons. The molecule has 2 fully saturated rings. The standard InChI is InChI=1S/C25H38N2O5/c1-20(16-27-12-9-22(18-27)24(28)30-2)10-14-32-25(29)23-8-11-26(17-23)13-15-31-19-21-6-4-3-5-7-21/h3-7,20,22-23H,8-19H2,1-2H3/t20-,22?,23?/m0/s1. The Hall–Kier alpha value is -1.96. The highest BCUT2D eigenvalue weighted by atomic mass is 16.5. The van der Waals surface area contributed by atoms with Crippen molar-refractivity contribution in [1.29, 1.82) is 0 Å². The molecule has 2 unspecified atom stereocenters. The van der Waals surface area contributed by atoms with Gasteiger partial charge in [0.15, 0.2) is 0 Å². The molecule has 3 atom stereocenters. The van der Waals surface area contributed by atoms with E-state index in [1.807, 2.05) is 18.2 Å². The minimum Gasteiger partial charge on any atom is -0.469 e. The fraction of sp³-hybridized carbons (Fsp3) is 0.680. The zero-order valence-corrected chi connectivity index (χ0v) is 19.5. The van der Waals surface area contributed by atoms with E-state index in [9.17, 15) is 9.59 Å². The zero-order chi connectivity index (χ0) is 22.8. The molecule has 2 aliphatic heterocycles.